The molecule has 0 bridgehead atoms. The first-order valence-corrected chi connectivity index (χ1v) is 13.4. The molecule has 0 spiro atoms. The fourth-order valence-corrected chi connectivity index (χ4v) is 4.52. The number of aliphatic hydroxyl groups is 2. The van der Waals surface area contributed by atoms with E-state index in [9.17, 15) is 19.8 Å². The molecule has 0 aromatic heterocycles. The van der Waals surface area contributed by atoms with Crippen LogP contribution < -0.4 is 5.32 Å². The van der Waals surface area contributed by atoms with Crippen molar-refractivity contribution in [3.05, 3.63) is 144 Å². The Labute approximate surface area is 241 Å². The largest absolute Gasteiger partial charge is 0.509 e. The zero-order valence-corrected chi connectivity index (χ0v) is 23.5. The zero-order chi connectivity index (χ0) is 29.7. The molecule has 1 aliphatic carbocycles. The molecule has 7 nitrogen and oxygen atoms in total. The van der Waals surface area contributed by atoms with Gasteiger partial charge in [-0.15, -0.1) is 0 Å². The summed E-state index contributed by atoms with van der Waals surface area (Å²) in [5.41, 5.74) is -0.327. The van der Waals surface area contributed by atoms with E-state index in [-0.39, 0.29) is 23.3 Å². The number of hydrogen-bond donors (Lipinski definition) is 3. The van der Waals surface area contributed by atoms with Crippen LogP contribution in [0.3, 0.4) is 0 Å². The first-order chi connectivity index (χ1) is 19.8. The van der Waals surface area contributed by atoms with Crippen molar-refractivity contribution in [2.24, 2.45) is 5.41 Å². The van der Waals surface area contributed by atoms with E-state index in [1.54, 1.807) is 74.6 Å². The summed E-state index contributed by atoms with van der Waals surface area (Å²) in [6, 6.07) is 9.60. The van der Waals surface area contributed by atoms with Crippen LogP contribution in [0, 0.1) is 5.41 Å². The maximum atomic E-state index is 13.1. The summed E-state index contributed by atoms with van der Waals surface area (Å²) in [7, 11) is 1.35. The SMILES string of the molecule is COC1C(O)=C2C(=O)O\C(C)=C/C=C\C=C/C=C\CC(c3ccccc3)NC(=O)\C=C/C=C\C=C/C=C\C2(C)C1O. The van der Waals surface area contributed by atoms with Gasteiger partial charge in [-0.05, 0) is 31.9 Å². The highest BCUT2D eigenvalue weighted by molar-refractivity contribution is 5.93. The number of carbonyl (C=O) groups is 2. The molecule has 1 heterocycles. The van der Waals surface area contributed by atoms with Crippen LogP contribution in [0.5, 0.6) is 0 Å². The predicted octanol–water partition coefficient (Wildman–Crippen LogP) is 5.80. The third-order valence-corrected chi connectivity index (χ3v) is 6.72. The molecule has 0 saturated carbocycles. The summed E-state index contributed by atoms with van der Waals surface area (Å²) < 4.78 is 10.7. The molecule has 0 radical (unpaired) electrons. The molecule has 3 rings (SSSR count). The Balaban J connectivity index is 1.88. The van der Waals surface area contributed by atoms with Crippen molar-refractivity contribution in [3.8, 4) is 0 Å². The standard InChI is InChI=1S/C34H37NO6/c1-25-19-13-8-4-5-9-16-22-27(26-20-14-12-15-21-26)35-28(36)23-17-10-6-7-11-18-24-34(2)29(33(39)41-25)30(37)31(40-3)32(34)38/h4-21,23-24,27,31-32,37-38H,22H2,1-3H3,(H,35,36)/b5-4-,10-6-,11-7-,13-8-,16-9-,23-17-,24-18-,25-19-. The van der Waals surface area contributed by atoms with E-state index in [1.807, 2.05) is 54.6 Å². The molecular weight excluding hydrogens is 518 g/mol. The zero-order valence-electron chi connectivity index (χ0n) is 23.5. The van der Waals surface area contributed by atoms with E-state index < -0.39 is 23.6 Å². The second-order valence-corrected chi connectivity index (χ2v) is 9.70. The smallest absolute Gasteiger partial charge is 0.343 e. The number of fused-ring (bicyclic) bond motifs is 1. The number of rotatable bonds is 2. The van der Waals surface area contributed by atoms with Gasteiger partial charge in [-0.3, -0.25) is 4.79 Å². The number of nitrogens with one attached hydrogen (secondary N) is 1. The Morgan fingerprint density at radius 1 is 0.927 bits per heavy atom. The minimum absolute atomic E-state index is 0.0731. The number of esters is 1. The lowest BCUT2D eigenvalue weighted by atomic mass is 9.80. The molecule has 0 saturated heterocycles. The van der Waals surface area contributed by atoms with Crippen molar-refractivity contribution in [1.82, 2.24) is 5.32 Å². The van der Waals surface area contributed by atoms with E-state index in [2.05, 4.69) is 5.32 Å². The quantitative estimate of drug-likeness (QED) is 0.399. The molecule has 4 atom stereocenters. The van der Waals surface area contributed by atoms with Gasteiger partial charge in [0.25, 0.3) is 0 Å². The van der Waals surface area contributed by atoms with E-state index in [0.717, 1.165) is 5.56 Å². The Morgan fingerprint density at radius 2 is 1.56 bits per heavy atom. The van der Waals surface area contributed by atoms with Crippen LogP contribution >= 0.6 is 0 Å². The van der Waals surface area contributed by atoms with Crippen LogP contribution in [0.1, 0.15) is 31.9 Å². The summed E-state index contributed by atoms with van der Waals surface area (Å²) >= 11 is 0. The molecule has 1 aliphatic heterocycles. The minimum atomic E-state index is -1.26. The molecule has 214 valence electrons. The Morgan fingerprint density at radius 3 is 2.27 bits per heavy atom. The maximum Gasteiger partial charge on any atom is 0.343 e. The molecule has 41 heavy (non-hydrogen) atoms. The lowest BCUT2D eigenvalue weighted by Crippen LogP contribution is -2.37. The molecule has 3 N–H and O–H groups in total. The highest BCUT2D eigenvalue weighted by Gasteiger charge is 2.53. The number of cyclic esters (lactones) is 1. The van der Waals surface area contributed by atoms with Crippen LogP contribution in [0.2, 0.25) is 0 Å². The summed E-state index contributed by atoms with van der Waals surface area (Å²) in [6.07, 6.45) is 24.3. The number of ether oxygens (including phenoxy) is 2. The Hall–Kier alpha value is -4.46. The van der Waals surface area contributed by atoms with Crippen LogP contribution in [0.15, 0.2) is 139 Å². The molecule has 4 unspecified atom stereocenters. The van der Waals surface area contributed by atoms with Gasteiger partial charge >= 0.3 is 5.97 Å². The van der Waals surface area contributed by atoms with Gasteiger partial charge in [0, 0.05) is 13.2 Å². The van der Waals surface area contributed by atoms with Gasteiger partial charge in [-0.2, -0.15) is 0 Å². The van der Waals surface area contributed by atoms with Crippen LogP contribution in [0.25, 0.3) is 0 Å². The first-order valence-electron chi connectivity index (χ1n) is 13.4. The Bertz CT molecular complexity index is 1340. The van der Waals surface area contributed by atoms with Crippen molar-refractivity contribution < 1.29 is 29.3 Å². The number of allylic oxidation sites excluding steroid dienone is 13. The summed E-state index contributed by atoms with van der Waals surface area (Å²) in [5.74, 6) is -1.04. The normalized spacial score (nSPS) is 33.1. The summed E-state index contributed by atoms with van der Waals surface area (Å²) in [5, 5.41) is 24.7. The topological polar surface area (TPSA) is 105 Å². The van der Waals surface area contributed by atoms with Gasteiger partial charge in [-0.25, -0.2) is 4.79 Å². The molecule has 7 heteroatoms. The minimum Gasteiger partial charge on any atom is -0.509 e. The van der Waals surface area contributed by atoms with Crippen LogP contribution in [0.4, 0.5) is 0 Å². The number of hydrogen-bond acceptors (Lipinski definition) is 6. The average Bonchev–Trinajstić information content (AvgIpc) is 3.14. The second kappa shape index (κ2) is 15.4. The van der Waals surface area contributed by atoms with Gasteiger partial charge in [0.15, 0.2) is 0 Å². The van der Waals surface area contributed by atoms with Gasteiger partial charge in [0.05, 0.1) is 17.0 Å². The van der Waals surface area contributed by atoms with Gasteiger partial charge in [0.1, 0.15) is 23.7 Å². The lowest BCUT2D eigenvalue weighted by Gasteiger charge is -2.28. The summed E-state index contributed by atoms with van der Waals surface area (Å²) in [6.45, 7) is 3.26. The van der Waals surface area contributed by atoms with E-state index >= 15 is 0 Å². The number of benzene rings is 1. The maximum absolute atomic E-state index is 13.1. The fraction of sp³-hybridized carbons (Fsp3) is 0.235. The highest BCUT2D eigenvalue weighted by atomic mass is 16.5. The Kier molecular flexibility index (Phi) is 11.6. The third-order valence-electron chi connectivity index (χ3n) is 6.72. The number of aliphatic hydroxyl groups excluding tert-OH is 2. The number of carbonyl (C=O) groups excluding carboxylic acids is 2. The fourth-order valence-electron chi connectivity index (χ4n) is 4.52. The first kappa shape index (κ1) is 31.1. The predicted molar refractivity (Wildman–Crippen MR) is 160 cm³/mol. The lowest BCUT2D eigenvalue weighted by molar-refractivity contribution is -0.136. The van der Waals surface area contributed by atoms with Crippen molar-refractivity contribution in [3.63, 3.8) is 0 Å². The van der Waals surface area contributed by atoms with E-state index in [1.165, 1.54) is 13.2 Å². The number of amides is 1. The van der Waals surface area contributed by atoms with Crippen molar-refractivity contribution in [2.75, 3.05) is 7.11 Å². The van der Waals surface area contributed by atoms with Crippen molar-refractivity contribution in [1.29, 1.82) is 0 Å². The molecule has 2 aliphatic rings. The summed E-state index contributed by atoms with van der Waals surface area (Å²) in [4.78, 5) is 25.7. The van der Waals surface area contributed by atoms with E-state index in [4.69, 9.17) is 9.47 Å². The molecule has 0 fully saturated rings. The molecule has 1 aromatic rings. The van der Waals surface area contributed by atoms with Crippen LogP contribution in [-0.4, -0.2) is 41.4 Å². The number of methoxy groups -OCH3 is 1. The third kappa shape index (κ3) is 8.51. The van der Waals surface area contributed by atoms with Crippen molar-refractivity contribution >= 4 is 11.9 Å². The molecule has 1 aromatic carbocycles. The molecule has 1 amide bonds. The van der Waals surface area contributed by atoms with E-state index in [0.29, 0.717) is 12.2 Å². The van der Waals surface area contributed by atoms with Gasteiger partial charge < -0.3 is 25.0 Å². The average molecular weight is 556 g/mol. The molecular formula is C34H37NO6. The van der Waals surface area contributed by atoms with Gasteiger partial charge in [0.2, 0.25) is 5.91 Å². The van der Waals surface area contributed by atoms with Crippen molar-refractivity contribution in [2.45, 2.75) is 38.5 Å². The second-order valence-electron chi connectivity index (χ2n) is 9.70. The monoisotopic (exact) mass is 555 g/mol. The van der Waals surface area contributed by atoms with Gasteiger partial charge in [-0.1, -0.05) is 109 Å². The highest BCUT2D eigenvalue weighted by Crippen LogP contribution is 2.45. The van der Waals surface area contributed by atoms with Crippen LogP contribution in [-0.2, 0) is 19.1 Å².